The van der Waals surface area contributed by atoms with Gasteiger partial charge in [-0.3, -0.25) is 0 Å². The van der Waals surface area contributed by atoms with Crippen LogP contribution in [0.2, 0.25) is 0 Å². The molecule has 4 heteroatoms. The molecule has 0 fully saturated rings. The Kier molecular flexibility index (Phi) is 8.25. The summed E-state index contributed by atoms with van der Waals surface area (Å²) in [6.45, 7) is 0. The molecule has 276 valence electrons. The first-order valence-electron chi connectivity index (χ1n) is 19.8. The smallest absolute Gasteiger partial charge is 0.135 e. The zero-order valence-electron chi connectivity index (χ0n) is 31.7. The molecule has 1 atom stereocenters. The lowest BCUT2D eigenvalue weighted by Crippen LogP contribution is -2.13. The fraction of sp³-hybridized carbons (Fsp3) is 0.0370. The van der Waals surface area contributed by atoms with Crippen molar-refractivity contribution in [3.8, 4) is 16.9 Å². The number of anilines is 6. The maximum absolute atomic E-state index is 6.53. The Hall–Kier alpha value is -7.56. The monoisotopic (exact) mass is 746 g/mol. The van der Waals surface area contributed by atoms with Crippen LogP contribution in [0.15, 0.2) is 217 Å². The number of benzene rings is 8. The SMILES string of the molecule is C1=C(c2cccc(-c3ccc4oc5ccc(N(c6ccccc6)c6ccccc6)cc5c4c3)c2)C=C2c3cc(N(c4ccccc4)c4ccccc4)ccc3OC2C1. The summed E-state index contributed by atoms with van der Waals surface area (Å²) in [5, 5.41) is 2.18. The molecule has 0 amide bonds. The van der Waals surface area contributed by atoms with Crippen molar-refractivity contribution in [1.82, 2.24) is 0 Å². The van der Waals surface area contributed by atoms with E-state index in [4.69, 9.17) is 9.15 Å². The summed E-state index contributed by atoms with van der Waals surface area (Å²) >= 11 is 0. The predicted molar refractivity (Wildman–Crippen MR) is 240 cm³/mol. The Morgan fingerprint density at radius 3 is 1.55 bits per heavy atom. The first kappa shape index (κ1) is 33.8. The van der Waals surface area contributed by atoms with Crippen LogP contribution in [-0.2, 0) is 0 Å². The zero-order valence-corrected chi connectivity index (χ0v) is 31.7. The van der Waals surface area contributed by atoms with Gasteiger partial charge in [0.25, 0.3) is 0 Å². The Labute approximate surface area is 337 Å². The highest BCUT2D eigenvalue weighted by Crippen LogP contribution is 2.47. The van der Waals surface area contributed by atoms with E-state index in [1.54, 1.807) is 0 Å². The highest BCUT2D eigenvalue weighted by Gasteiger charge is 2.31. The first-order chi connectivity index (χ1) is 28.7. The van der Waals surface area contributed by atoms with Crippen LogP contribution in [0.3, 0.4) is 0 Å². The lowest BCUT2D eigenvalue weighted by molar-refractivity contribution is 0.279. The largest absolute Gasteiger partial charge is 0.485 e. The quantitative estimate of drug-likeness (QED) is 0.155. The Balaban J connectivity index is 0.937. The number of nitrogens with zero attached hydrogens (tertiary/aromatic N) is 2. The Morgan fingerprint density at radius 1 is 0.414 bits per heavy atom. The summed E-state index contributed by atoms with van der Waals surface area (Å²) in [6, 6.07) is 70.6. The number of hydrogen-bond donors (Lipinski definition) is 0. The molecule has 1 aliphatic heterocycles. The van der Waals surface area contributed by atoms with Crippen LogP contribution in [0.1, 0.15) is 17.5 Å². The van der Waals surface area contributed by atoms with Crippen molar-refractivity contribution in [2.75, 3.05) is 9.80 Å². The number of ether oxygens (including phenoxy) is 1. The Bertz CT molecular complexity index is 2930. The van der Waals surface area contributed by atoms with Crippen LogP contribution < -0.4 is 14.5 Å². The van der Waals surface area contributed by atoms with E-state index in [-0.39, 0.29) is 6.10 Å². The van der Waals surface area contributed by atoms with Crippen molar-refractivity contribution in [2.24, 2.45) is 0 Å². The second kappa shape index (κ2) is 14.2. The van der Waals surface area contributed by atoms with Crippen molar-refractivity contribution in [3.63, 3.8) is 0 Å². The standard InChI is InChI=1S/C54H38N2O2/c1-5-16-41(17-6-1)55(42-18-7-2-8-19-42)45-26-30-53-49(35-45)47-33-39(24-28-51(47)57-53)37-14-13-15-38(32-37)40-25-29-52-48(34-40)50-36-46(27-31-54(50)58-52)56(43-20-9-3-10-21-43)44-22-11-4-12-23-44/h1-28,30-36,52H,29H2. The molecule has 0 spiro atoms. The molecule has 58 heavy (non-hydrogen) atoms. The molecule has 9 aromatic rings. The topological polar surface area (TPSA) is 28.9 Å². The minimum absolute atomic E-state index is 0.000425. The highest BCUT2D eigenvalue weighted by atomic mass is 16.5. The molecule has 2 heterocycles. The summed E-state index contributed by atoms with van der Waals surface area (Å²) < 4.78 is 12.9. The second-order valence-corrected chi connectivity index (χ2v) is 14.9. The lowest BCUT2D eigenvalue weighted by atomic mass is 9.89. The molecule has 0 bridgehead atoms. The van der Waals surface area contributed by atoms with Gasteiger partial charge in [-0.05, 0) is 131 Å². The summed E-state index contributed by atoms with van der Waals surface area (Å²) in [5.41, 5.74) is 15.4. The fourth-order valence-corrected chi connectivity index (χ4v) is 8.55. The van der Waals surface area contributed by atoms with Gasteiger partial charge < -0.3 is 19.0 Å². The molecule has 2 aliphatic rings. The van der Waals surface area contributed by atoms with E-state index in [2.05, 4.69) is 222 Å². The summed E-state index contributed by atoms with van der Waals surface area (Å²) in [6.07, 6.45) is 5.47. The van der Waals surface area contributed by atoms with Gasteiger partial charge in [0.05, 0.1) is 0 Å². The van der Waals surface area contributed by atoms with Crippen LogP contribution in [-0.4, -0.2) is 6.10 Å². The van der Waals surface area contributed by atoms with Crippen LogP contribution in [0.4, 0.5) is 34.1 Å². The normalized spacial score (nSPS) is 14.3. The van der Waals surface area contributed by atoms with E-state index < -0.39 is 0 Å². The molecule has 1 aromatic heterocycles. The van der Waals surface area contributed by atoms with Gasteiger partial charge in [-0.25, -0.2) is 0 Å². The van der Waals surface area contributed by atoms with Gasteiger partial charge in [-0.2, -0.15) is 0 Å². The van der Waals surface area contributed by atoms with E-state index in [0.29, 0.717) is 0 Å². The molecular formula is C54H38N2O2. The molecular weight excluding hydrogens is 709 g/mol. The minimum atomic E-state index is 0.000425. The number of hydrogen-bond acceptors (Lipinski definition) is 4. The van der Waals surface area contributed by atoms with Gasteiger partial charge in [-0.15, -0.1) is 0 Å². The van der Waals surface area contributed by atoms with Gasteiger partial charge in [-0.1, -0.05) is 103 Å². The number of para-hydroxylation sites is 4. The lowest BCUT2D eigenvalue weighted by Gasteiger charge is -2.25. The average Bonchev–Trinajstić information content (AvgIpc) is 3.85. The van der Waals surface area contributed by atoms with E-state index >= 15 is 0 Å². The second-order valence-electron chi connectivity index (χ2n) is 14.9. The average molecular weight is 747 g/mol. The van der Waals surface area contributed by atoms with Gasteiger partial charge in [0, 0.05) is 62.5 Å². The molecule has 1 unspecified atom stereocenters. The maximum Gasteiger partial charge on any atom is 0.135 e. The van der Waals surface area contributed by atoms with Crippen LogP contribution in [0, 0.1) is 0 Å². The molecule has 0 saturated carbocycles. The first-order valence-corrected chi connectivity index (χ1v) is 19.8. The van der Waals surface area contributed by atoms with Gasteiger partial charge >= 0.3 is 0 Å². The molecule has 0 N–H and O–H groups in total. The summed E-state index contributed by atoms with van der Waals surface area (Å²) in [5.74, 6) is 0.934. The minimum Gasteiger partial charge on any atom is -0.485 e. The molecule has 1 aliphatic carbocycles. The fourth-order valence-electron chi connectivity index (χ4n) is 8.55. The van der Waals surface area contributed by atoms with E-state index in [1.807, 2.05) is 0 Å². The van der Waals surface area contributed by atoms with Crippen molar-refractivity contribution in [3.05, 3.63) is 223 Å². The Morgan fingerprint density at radius 2 is 0.931 bits per heavy atom. The van der Waals surface area contributed by atoms with Crippen LogP contribution >= 0.6 is 0 Å². The third-order valence-electron chi connectivity index (χ3n) is 11.3. The molecule has 11 rings (SSSR count). The van der Waals surface area contributed by atoms with Crippen LogP contribution in [0.25, 0.3) is 44.2 Å². The van der Waals surface area contributed by atoms with Crippen LogP contribution in [0.5, 0.6) is 5.75 Å². The predicted octanol–water partition coefficient (Wildman–Crippen LogP) is 14.8. The highest BCUT2D eigenvalue weighted by molar-refractivity contribution is 6.08. The van der Waals surface area contributed by atoms with Gasteiger partial charge in [0.15, 0.2) is 0 Å². The van der Waals surface area contributed by atoms with Crippen molar-refractivity contribution >= 4 is 67.2 Å². The number of rotatable bonds is 8. The maximum atomic E-state index is 6.53. The van der Waals surface area contributed by atoms with Gasteiger partial charge in [0.2, 0.25) is 0 Å². The third-order valence-corrected chi connectivity index (χ3v) is 11.3. The molecule has 4 nitrogen and oxygen atoms in total. The van der Waals surface area contributed by atoms with Crippen molar-refractivity contribution < 1.29 is 9.15 Å². The third kappa shape index (κ3) is 6.03. The molecule has 0 radical (unpaired) electrons. The number of allylic oxidation sites excluding steroid dienone is 2. The molecule has 8 aromatic carbocycles. The summed E-state index contributed by atoms with van der Waals surface area (Å²) in [4.78, 5) is 4.60. The van der Waals surface area contributed by atoms with Crippen molar-refractivity contribution in [2.45, 2.75) is 12.5 Å². The van der Waals surface area contributed by atoms with E-state index in [9.17, 15) is 0 Å². The van der Waals surface area contributed by atoms with Gasteiger partial charge in [0.1, 0.15) is 23.0 Å². The zero-order chi connectivity index (χ0) is 38.4. The number of furan rings is 1. The number of fused-ring (bicyclic) bond motifs is 6. The van der Waals surface area contributed by atoms with E-state index in [1.165, 1.54) is 16.7 Å². The van der Waals surface area contributed by atoms with Crippen molar-refractivity contribution in [1.29, 1.82) is 0 Å². The summed E-state index contributed by atoms with van der Waals surface area (Å²) in [7, 11) is 0. The molecule has 0 saturated heterocycles. The van der Waals surface area contributed by atoms with E-state index in [0.717, 1.165) is 84.9 Å².